The zero-order chi connectivity index (χ0) is 22.2. The van der Waals surface area contributed by atoms with Crippen LogP contribution < -0.4 is 35.9 Å². The molecule has 2 aromatic carbocycles. The van der Waals surface area contributed by atoms with Gasteiger partial charge in [0.05, 0.1) is 19.9 Å². The number of ether oxygens (including phenoxy) is 2. The Bertz CT molecular complexity index is 1030. The van der Waals surface area contributed by atoms with Crippen molar-refractivity contribution in [1.29, 1.82) is 0 Å². The van der Waals surface area contributed by atoms with E-state index in [1.165, 1.54) is 16.8 Å². The Labute approximate surface area is 202 Å². The van der Waals surface area contributed by atoms with Gasteiger partial charge >= 0.3 is 0 Å². The highest BCUT2D eigenvalue weighted by molar-refractivity contribution is 5.83. The summed E-state index contributed by atoms with van der Waals surface area (Å²) in [5.41, 5.74) is 5.78. The molecule has 1 heterocycles. The molecule has 1 aromatic heterocycles. The van der Waals surface area contributed by atoms with Gasteiger partial charge in [-0.2, -0.15) is 0 Å². The third-order valence-electron chi connectivity index (χ3n) is 5.34. The van der Waals surface area contributed by atoms with Crippen molar-refractivity contribution in [1.82, 2.24) is 0 Å². The fraction of sp³-hybridized carbons (Fsp3) is 0.308. The lowest BCUT2D eigenvalue weighted by molar-refractivity contribution is -0.696. The fourth-order valence-electron chi connectivity index (χ4n) is 3.44. The van der Waals surface area contributed by atoms with E-state index >= 15 is 0 Å². The molecule has 0 saturated heterocycles. The van der Waals surface area contributed by atoms with Crippen molar-refractivity contribution in [2.24, 2.45) is 4.99 Å². The van der Waals surface area contributed by atoms with Crippen molar-refractivity contribution in [2.45, 2.75) is 26.3 Å². The first kappa shape index (κ1) is 25.4. The summed E-state index contributed by atoms with van der Waals surface area (Å²) in [6.45, 7) is 3.07. The molecule has 0 radical (unpaired) electrons. The van der Waals surface area contributed by atoms with E-state index in [0.29, 0.717) is 0 Å². The number of hydrogen-bond acceptors (Lipinski definition) is 4. The first-order valence-corrected chi connectivity index (χ1v) is 10.6. The van der Waals surface area contributed by atoms with Gasteiger partial charge in [-0.15, -0.1) is 0 Å². The summed E-state index contributed by atoms with van der Waals surface area (Å²) in [6, 6.07) is 16.5. The molecule has 0 aliphatic rings. The van der Waals surface area contributed by atoms with Crippen LogP contribution in [0.3, 0.4) is 0 Å². The third kappa shape index (κ3) is 6.57. The van der Waals surface area contributed by atoms with Crippen LogP contribution in [0.5, 0.6) is 11.5 Å². The van der Waals surface area contributed by atoms with E-state index in [1.807, 2.05) is 44.6 Å². The van der Waals surface area contributed by atoms with Crippen molar-refractivity contribution in [2.75, 3.05) is 33.2 Å². The average molecular weight is 498 g/mol. The maximum Gasteiger partial charge on any atom is 0.172 e. The molecule has 0 saturated carbocycles. The Kier molecular flexibility index (Phi) is 9.72. The van der Waals surface area contributed by atoms with E-state index in [-0.39, 0.29) is 17.0 Å². The van der Waals surface area contributed by atoms with Crippen molar-refractivity contribution >= 4 is 17.6 Å². The molecular formula is C26H32BrN3O2. The normalized spacial score (nSPS) is 10.7. The molecular weight excluding hydrogens is 466 g/mol. The maximum atomic E-state index is 5.41. The molecule has 32 heavy (non-hydrogen) atoms. The van der Waals surface area contributed by atoms with Crippen LogP contribution in [0.15, 0.2) is 65.9 Å². The largest absolute Gasteiger partial charge is 1.00 e. The van der Waals surface area contributed by atoms with E-state index in [0.717, 1.165) is 42.1 Å². The van der Waals surface area contributed by atoms with Gasteiger partial charge in [0.25, 0.3) is 0 Å². The van der Waals surface area contributed by atoms with E-state index in [4.69, 9.17) is 9.47 Å². The number of pyridine rings is 1. The van der Waals surface area contributed by atoms with Gasteiger partial charge in [-0.3, -0.25) is 4.99 Å². The summed E-state index contributed by atoms with van der Waals surface area (Å²) in [5, 5.41) is 0. The molecule has 5 nitrogen and oxygen atoms in total. The molecule has 0 aliphatic heterocycles. The highest BCUT2D eigenvalue weighted by atomic mass is 79.9. The number of aromatic nitrogens is 1. The molecule has 0 unspecified atom stereocenters. The number of halogens is 1. The van der Waals surface area contributed by atoms with Gasteiger partial charge in [-0.05, 0) is 48.4 Å². The summed E-state index contributed by atoms with van der Waals surface area (Å²) in [6.07, 6.45) is 8.17. The smallest absolute Gasteiger partial charge is 0.172 e. The molecule has 6 heteroatoms. The molecule has 3 aromatic rings. The van der Waals surface area contributed by atoms with Gasteiger partial charge in [-0.25, -0.2) is 4.57 Å². The van der Waals surface area contributed by atoms with Gasteiger partial charge in [0.15, 0.2) is 30.4 Å². The fourth-order valence-corrected chi connectivity index (χ4v) is 3.44. The zero-order valence-corrected chi connectivity index (χ0v) is 21.1. The second kappa shape index (κ2) is 12.2. The number of hydrogen-bond donors (Lipinski definition) is 0. The highest BCUT2D eigenvalue weighted by Gasteiger charge is 2.09. The Morgan fingerprint density at radius 1 is 0.969 bits per heavy atom. The summed E-state index contributed by atoms with van der Waals surface area (Å²) in [5.74, 6) is 1.52. The molecule has 3 rings (SSSR count). The predicted octanol–water partition coefficient (Wildman–Crippen LogP) is 1.62. The highest BCUT2D eigenvalue weighted by Crippen LogP contribution is 2.27. The van der Waals surface area contributed by atoms with Crippen LogP contribution in [0, 0.1) is 0 Å². The van der Waals surface area contributed by atoms with Crippen molar-refractivity contribution in [3.05, 3.63) is 77.6 Å². The van der Waals surface area contributed by atoms with Crippen LogP contribution >= 0.6 is 0 Å². The van der Waals surface area contributed by atoms with Gasteiger partial charge in [-0.1, -0.05) is 13.0 Å². The lowest BCUT2D eigenvalue weighted by Gasteiger charge is -2.11. The van der Waals surface area contributed by atoms with E-state index in [2.05, 4.69) is 58.0 Å². The molecule has 0 fully saturated rings. The number of rotatable bonds is 9. The topological polar surface area (TPSA) is 37.9 Å². The second-order valence-corrected chi connectivity index (χ2v) is 7.63. The van der Waals surface area contributed by atoms with Crippen LogP contribution in [0.2, 0.25) is 0 Å². The summed E-state index contributed by atoms with van der Waals surface area (Å²) in [7, 11) is 7.40. The maximum absolute atomic E-state index is 5.41. The SMILES string of the molecule is CCc1c[n+](CCc2ccc(OC)c(OC)c2)ccc1C=Nc1ccc(N(C)C)cc1.[Br-]. The number of aliphatic imine (C=N–C) groups is 1. The van der Waals surface area contributed by atoms with E-state index in [9.17, 15) is 0 Å². The number of aryl methyl sites for hydroxylation is 3. The van der Waals surface area contributed by atoms with E-state index < -0.39 is 0 Å². The summed E-state index contributed by atoms with van der Waals surface area (Å²) >= 11 is 0. The van der Waals surface area contributed by atoms with Gasteiger partial charge in [0, 0.05) is 49.6 Å². The average Bonchev–Trinajstić information content (AvgIpc) is 2.81. The van der Waals surface area contributed by atoms with E-state index in [1.54, 1.807) is 14.2 Å². The molecule has 0 atom stereocenters. The Balaban J connectivity index is 0.00000363. The standard InChI is InChI=1S/C26H32N3O2.BrH/c1-6-21-19-29(15-13-20-7-12-25(30-4)26(17-20)31-5)16-14-22(21)18-27-23-8-10-24(11-9-23)28(2)3;/h7-12,14,16-19H,6,13,15H2,1-5H3;1H/q+1;/p-1. The lowest BCUT2D eigenvalue weighted by atomic mass is 10.1. The molecule has 0 bridgehead atoms. The van der Waals surface area contributed by atoms with Gasteiger partial charge in [0.2, 0.25) is 0 Å². The molecule has 0 amide bonds. The molecule has 170 valence electrons. The summed E-state index contributed by atoms with van der Waals surface area (Å²) < 4.78 is 13.0. The van der Waals surface area contributed by atoms with Crippen LogP contribution in [0.1, 0.15) is 23.6 Å². The first-order valence-electron chi connectivity index (χ1n) is 10.6. The number of anilines is 1. The molecule has 0 N–H and O–H groups in total. The first-order chi connectivity index (χ1) is 15.0. The number of nitrogens with zero attached hydrogens (tertiary/aromatic N) is 3. The van der Waals surface area contributed by atoms with Crippen molar-refractivity contribution in [3.63, 3.8) is 0 Å². The molecule has 0 aliphatic carbocycles. The minimum atomic E-state index is 0. The Hall–Kier alpha value is -2.86. The van der Waals surface area contributed by atoms with Crippen molar-refractivity contribution < 1.29 is 31.0 Å². The Morgan fingerprint density at radius 2 is 1.69 bits per heavy atom. The quantitative estimate of drug-likeness (QED) is 0.333. The number of methoxy groups -OCH3 is 2. The number of benzene rings is 2. The second-order valence-electron chi connectivity index (χ2n) is 7.63. The van der Waals surface area contributed by atoms with Crippen LogP contribution in [0.25, 0.3) is 0 Å². The zero-order valence-electron chi connectivity index (χ0n) is 19.5. The Morgan fingerprint density at radius 3 is 2.31 bits per heavy atom. The van der Waals surface area contributed by atoms with Gasteiger partial charge < -0.3 is 31.4 Å². The minimum absolute atomic E-state index is 0. The van der Waals surface area contributed by atoms with Gasteiger partial charge in [0.1, 0.15) is 0 Å². The van der Waals surface area contributed by atoms with Crippen molar-refractivity contribution in [3.8, 4) is 11.5 Å². The molecule has 0 spiro atoms. The summed E-state index contributed by atoms with van der Waals surface area (Å²) in [4.78, 5) is 6.75. The monoisotopic (exact) mass is 497 g/mol. The third-order valence-corrected chi connectivity index (χ3v) is 5.34. The minimum Gasteiger partial charge on any atom is -1.00 e. The van der Waals surface area contributed by atoms with Crippen LogP contribution in [-0.2, 0) is 19.4 Å². The van der Waals surface area contributed by atoms with Crippen LogP contribution in [-0.4, -0.2) is 34.5 Å². The lowest BCUT2D eigenvalue weighted by Crippen LogP contribution is -3.00. The van der Waals surface area contributed by atoms with Crippen LogP contribution in [0.4, 0.5) is 11.4 Å². The predicted molar refractivity (Wildman–Crippen MR) is 127 cm³/mol.